The van der Waals surface area contributed by atoms with Crippen LogP contribution in [0.1, 0.15) is 25.3 Å². The summed E-state index contributed by atoms with van der Waals surface area (Å²) >= 11 is 0. The normalized spacial score (nSPS) is 11.1. The standard InChI is InChI=1S/C22H22N4O2/c1-3-15-9-11-17(12-10-15)23-20(27)14-26-18-8-6-5-7-16(18)13-19(26)22-25-24-21(4-2)28-22/h5-13H,3-4,14H2,1-2H3,(H,23,27). The van der Waals surface area contributed by atoms with Gasteiger partial charge in [0.1, 0.15) is 12.2 Å². The molecule has 0 fully saturated rings. The van der Waals surface area contributed by atoms with E-state index in [4.69, 9.17) is 4.42 Å². The summed E-state index contributed by atoms with van der Waals surface area (Å²) < 4.78 is 7.65. The van der Waals surface area contributed by atoms with Gasteiger partial charge in [-0.1, -0.05) is 44.2 Å². The van der Waals surface area contributed by atoms with E-state index < -0.39 is 0 Å². The van der Waals surface area contributed by atoms with Crippen LogP contribution in [0.4, 0.5) is 5.69 Å². The highest BCUT2D eigenvalue weighted by atomic mass is 16.4. The number of para-hydroxylation sites is 1. The predicted octanol–water partition coefficient (Wildman–Crippen LogP) is 4.45. The van der Waals surface area contributed by atoms with E-state index in [1.165, 1.54) is 5.56 Å². The summed E-state index contributed by atoms with van der Waals surface area (Å²) in [5.41, 5.74) is 3.71. The summed E-state index contributed by atoms with van der Waals surface area (Å²) in [6.45, 7) is 4.22. The Morgan fingerprint density at radius 2 is 1.82 bits per heavy atom. The first kappa shape index (κ1) is 18.0. The molecule has 6 heteroatoms. The predicted molar refractivity (Wildman–Crippen MR) is 109 cm³/mol. The Morgan fingerprint density at radius 3 is 2.54 bits per heavy atom. The lowest BCUT2D eigenvalue weighted by atomic mass is 10.1. The SMILES string of the molecule is CCc1ccc(NC(=O)Cn2c(-c3nnc(CC)o3)cc3ccccc32)cc1. The lowest BCUT2D eigenvalue weighted by Crippen LogP contribution is -2.19. The van der Waals surface area contributed by atoms with E-state index in [-0.39, 0.29) is 12.5 Å². The largest absolute Gasteiger partial charge is 0.419 e. The van der Waals surface area contributed by atoms with E-state index in [1.807, 2.05) is 66.1 Å². The van der Waals surface area contributed by atoms with Crippen molar-refractivity contribution in [2.75, 3.05) is 5.32 Å². The molecule has 1 N–H and O–H groups in total. The van der Waals surface area contributed by atoms with Crippen LogP contribution in [0.15, 0.2) is 59.0 Å². The fourth-order valence-corrected chi connectivity index (χ4v) is 3.23. The van der Waals surface area contributed by atoms with Crippen LogP contribution in [-0.2, 0) is 24.2 Å². The molecule has 0 saturated carbocycles. The summed E-state index contributed by atoms with van der Waals surface area (Å²) in [6, 6.07) is 17.8. The van der Waals surface area contributed by atoms with Crippen LogP contribution in [0.5, 0.6) is 0 Å². The summed E-state index contributed by atoms with van der Waals surface area (Å²) in [6.07, 6.45) is 1.64. The Balaban J connectivity index is 1.64. The number of carbonyl (C=O) groups excluding carboxylic acids is 1. The van der Waals surface area contributed by atoms with Gasteiger partial charge in [0.15, 0.2) is 0 Å². The number of nitrogens with one attached hydrogen (secondary N) is 1. The van der Waals surface area contributed by atoms with E-state index in [9.17, 15) is 4.79 Å². The van der Waals surface area contributed by atoms with Crippen LogP contribution in [0.25, 0.3) is 22.5 Å². The van der Waals surface area contributed by atoms with Gasteiger partial charge in [0, 0.05) is 23.0 Å². The molecular formula is C22H22N4O2. The summed E-state index contributed by atoms with van der Waals surface area (Å²) in [7, 11) is 0. The molecule has 28 heavy (non-hydrogen) atoms. The fourth-order valence-electron chi connectivity index (χ4n) is 3.23. The van der Waals surface area contributed by atoms with Crippen molar-refractivity contribution in [3.63, 3.8) is 0 Å². The number of hydrogen-bond acceptors (Lipinski definition) is 4. The van der Waals surface area contributed by atoms with E-state index in [1.54, 1.807) is 0 Å². The zero-order valence-electron chi connectivity index (χ0n) is 16.0. The summed E-state index contributed by atoms with van der Waals surface area (Å²) in [5.74, 6) is 0.891. The maximum absolute atomic E-state index is 12.7. The number of hydrogen-bond donors (Lipinski definition) is 1. The molecule has 4 aromatic rings. The topological polar surface area (TPSA) is 73.0 Å². The van der Waals surface area contributed by atoms with Crippen molar-refractivity contribution in [2.24, 2.45) is 0 Å². The van der Waals surface area contributed by atoms with Gasteiger partial charge in [-0.05, 0) is 36.2 Å². The molecule has 0 aliphatic rings. The molecule has 0 saturated heterocycles. The molecule has 0 bridgehead atoms. The van der Waals surface area contributed by atoms with Gasteiger partial charge in [0.05, 0.1) is 0 Å². The van der Waals surface area contributed by atoms with Crippen molar-refractivity contribution in [2.45, 2.75) is 33.2 Å². The third-order valence-electron chi connectivity index (χ3n) is 4.75. The number of fused-ring (bicyclic) bond motifs is 1. The minimum atomic E-state index is -0.109. The van der Waals surface area contributed by atoms with Crippen LogP contribution in [-0.4, -0.2) is 20.7 Å². The highest BCUT2D eigenvalue weighted by molar-refractivity contribution is 5.93. The van der Waals surface area contributed by atoms with Crippen molar-refractivity contribution in [1.82, 2.24) is 14.8 Å². The van der Waals surface area contributed by atoms with Crippen LogP contribution in [0.2, 0.25) is 0 Å². The minimum absolute atomic E-state index is 0.109. The van der Waals surface area contributed by atoms with E-state index in [0.717, 1.165) is 28.7 Å². The van der Waals surface area contributed by atoms with Gasteiger partial charge < -0.3 is 14.3 Å². The van der Waals surface area contributed by atoms with Crippen molar-refractivity contribution < 1.29 is 9.21 Å². The Labute approximate surface area is 163 Å². The van der Waals surface area contributed by atoms with Crippen LogP contribution in [0, 0.1) is 0 Å². The molecule has 0 spiro atoms. The smallest absolute Gasteiger partial charge is 0.264 e. The number of aromatic nitrogens is 3. The van der Waals surface area contributed by atoms with Crippen molar-refractivity contribution >= 4 is 22.5 Å². The molecule has 1 amide bonds. The van der Waals surface area contributed by atoms with Crippen molar-refractivity contribution in [1.29, 1.82) is 0 Å². The molecule has 2 aromatic carbocycles. The molecule has 0 radical (unpaired) electrons. The number of carbonyl (C=O) groups is 1. The van der Waals surface area contributed by atoms with Crippen molar-refractivity contribution in [3.05, 3.63) is 66.1 Å². The Hall–Kier alpha value is -3.41. The number of aryl methyl sites for hydroxylation is 2. The number of benzene rings is 2. The van der Waals surface area contributed by atoms with Crippen LogP contribution < -0.4 is 5.32 Å². The van der Waals surface area contributed by atoms with Crippen LogP contribution in [0.3, 0.4) is 0 Å². The zero-order chi connectivity index (χ0) is 19.5. The second-order valence-electron chi connectivity index (χ2n) is 6.63. The molecular weight excluding hydrogens is 352 g/mol. The Kier molecular flexibility index (Phi) is 4.93. The average molecular weight is 374 g/mol. The fraction of sp³-hybridized carbons (Fsp3) is 0.227. The Bertz CT molecular complexity index is 1110. The summed E-state index contributed by atoms with van der Waals surface area (Å²) in [4.78, 5) is 12.7. The van der Waals surface area contributed by atoms with E-state index in [2.05, 4.69) is 22.4 Å². The second kappa shape index (κ2) is 7.68. The Morgan fingerprint density at radius 1 is 1.04 bits per heavy atom. The first-order valence-electron chi connectivity index (χ1n) is 9.47. The first-order chi connectivity index (χ1) is 13.7. The monoisotopic (exact) mass is 374 g/mol. The quantitative estimate of drug-likeness (QED) is 0.541. The lowest BCUT2D eigenvalue weighted by Gasteiger charge is -2.10. The molecule has 0 aliphatic carbocycles. The van der Waals surface area contributed by atoms with Gasteiger partial charge in [-0.3, -0.25) is 4.79 Å². The molecule has 0 aliphatic heterocycles. The average Bonchev–Trinajstić information content (AvgIpc) is 3.33. The van der Waals surface area contributed by atoms with Crippen molar-refractivity contribution in [3.8, 4) is 11.6 Å². The van der Waals surface area contributed by atoms with Gasteiger partial charge in [-0.25, -0.2) is 0 Å². The molecule has 0 unspecified atom stereocenters. The van der Waals surface area contributed by atoms with Crippen LogP contribution >= 0.6 is 0 Å². The van der Waals surface area contributed by atoms with Gasteiger partial charge in [0.2, 0.25) is 11.8 Å². The zero-order valence-corrected chi connectivity index (χ0v) is 16.0. The minimum Gasteiger partial charge on any atom is -0.419 e. The number of nitrogens with zero attached hydrogens (tertiary/aromatic N) is 3. The second-order valence-corrected chi connectivity index (χ2v) is 6.63. The first-order valence-corrected chi connectivity index (χ1v) is 9.47. The third kappa shape index (κ3) is 3.53. The highest BCUT2D eigenvalue weighted by Crippen LogP contribution is 2.27. The molecule has 2 heterocycles. The molecule has 4 rings (SSSR count). The van der Waals surface area contributed by atoms with Gasteiger partial charge in [-0.2, -0.15) is 0 Å². The maximum atomic E-state index is 12.7. The number of rotatable bonds is 6. The van der Waals surface area contributed by atoms with Gasteiger partial charge in [0.25, 0.3) is 5.89 Å². The molecule has 6 nitrogen and oxygen atoms in total. The molecule has 0 atom stereocenters. The highest BCUT2D eigenvalue weighted by Gasteiger charge is 2.18. The van der Waals surface area contributed by atoms with E-state index in [0.29, 0.717) is 18.2 Å². The summed E-state index contributed by atoms with van der Waals surface area (Å²) in [5, 5.41) is 12.2. The lowest BCUT2D eigenvalue weighted by molar-refractivity contribution is -0.116. The molecule has 142 valence electrons. The van der Waals surface area contributed by atoms with Gasteiger partial charge >= 0.3 is 0 Å². The number of anilines is 1. The molecule has 2 aromatic heterocycles. The van der Waals surface area contributed by atoms with Gasteiger partial charge in [-0.15, -0.1) is 10.2 Å². The third-order valence-corrected chi connectivity index (χ3v) is 4.75. The number of amides is 1. The maximum Gasteiger partial charge on any atom is 0.264 e. The van der Waals surface area contributed by atoms with E-state index >= 15 is 0 Å².